The highest BCUT2D eigenvalue weighted by molar-refractivity contribution is 5.94. The highest BCUT2D eigenvalue weighted by Crippen LogP contribution is 2.58. The van der Waals surface area contributed by atoms with Gasteiger partial charge in [0.2, 0.25) is 0 Å². The van der Waals surface area contributed by atoms with Crippen LogP contribution in [0, 0.1) is 11.8 Å². The molecule has 2 saturated carbocycles. The van der Waals surface area contributed by atoms with E-state index in [1.165, 1.54) is 0 Å². The third kappa shape index (κ3) is 0.511. The minimum Gasteiger partial charge on any atom is -0.370 e. The van der Waals surface area contributed by atoms with E-state index in [2.05, 4.69) is 6.92 Å². The second-order valence-corrected chi connectivity index (χ2v) is 3.51. The van der Waals surface area contributed by atoms with Crippen molar-refractivity contribution in [2.75, 3.05) is 7.11 Å². The SMILES string of the molecule is COC12CC1C(C)CC2=O. The quantitative estimate of drug-likeness (QED) is 0.543. The van der Waals surface area contributed by atoms with Crippen molar-refractivity contribution < 1.29 is 9.53 Å². The Morgan fingerprint density at radius 3 is 2.60 bits per heavy atom. The number of ketones is 1. The van der Waals surface area contributed by atoms with Crippen molar-refractivity contribution in [3.63, 3.8) is 0 Å². The van der Waals surface area contributed by atoms with E-state index < -0.39 is 0 Å². The molecule has 0 amide bonds. The average molecular weight is 140 g/mol. The molecule has 0 N–H and O–H groups in total. The molecular formula is C8H12O2. The van der Waals surface area contributed by atoms with Gasteiger partial charge in [-0.3, -0.25) is 4.79 Å². The van der Waals surface area contributed by atoms with Gasteiger partial charge in [0.25, 0.3) is 0 Å². The van der Waals surface area contributed by atoms with Gasteiger partial charge in [-0.05, 0) is 12.3 Å². The third-order valence-corrected chi connectivity index (χ3v) is 2.99. The molecule has 2 fully saturated rings. The summed E-state index contributed by atoms with van der Waals surface area (Å²) in [5, 5.41) is 0. The van der Waals surface area contributed by atoms with E-state index in [1.54, 1.807) is 7.11 Å². The first-order valence-corrected chi connectivity index (χ1v) is 3.79. The van der Waals surface area contributed by atoms with Gasteiger partial charge in [-0.25, -0.2) is 0 Å². The van der Waals surface area contributed by atoms with Crippen LogP contribution in [-0.2, 0) is 9.53 Å². The lowest BCUT2D eigenvalue weighted by Gasteiger charge is -2.05. The van der Waals surface area contributed by atoms with Gasteiger partial charge < -0.3 is 4.74 Å². The van der Waals surface area contributed by atoms with Gasteiger partial charge in [-0.15, -0.1) is 0 Å². The molecule has 2 rings (SSSR count). The minimum absolute atomic E-state index is 0.306. The zero-order chi connectivity index (χ0) is 7.35. The maximum atomic E-state index is 11.3. The number of Topliss-reactive ketones (excluding diaryl/α,β-unsaturated/α-hetero) is 1. The number of carbonyl (C=O) groups is 1. The summed E-state index contributed by atoms with van der Waals surface area (Å²) in [5.74, 6) is 1.44. The van der Waals surface area contributed by atoms with Crippen molar-refractivity contribution in [3.8, 4) is 0 Å². The number of hydrogen-bond donors (Lipinski definition) is 0. The fourth-order valence-electron chi connectivity index (χ4n) is 2.21. The number of rotatable bonds is 1. The molecule has 0 spiro atoms. The van der Waals surface area contributed by atoms with E-state index in [0.717, 1.165) is 12.8 Å². The molecule has 2 nitrogen and oxygen atoms in total. The second kappa shape index (κ2) is 1.62. The molecule has 2 aliphatic rings. The van der Waals surface area contributed by atoms with Crippen molar-refractivity contribution in [2.45, 2.75) is 25.4 Å². The summed E-state index contributed by atoms with van der Waals surface area (Å²) in [6.07, 6.45) is 1.71. The zero-order valence-electron chi connectivity index (χ0n) is 6.39. The van der Waals surface area contributed by atoms with E-state index in [1.807, 2.05) is 0 Å². The van der Waals surface area contributed by atoms with Crippen LogP contribution in [0.15, 0.2) is 0 Å². The molecule has 3 atom stereocenters. The molecular weight excluding hydrogens is 128 g/mol. The molecule has 0 bridgehead atoms. The summed E-state index contributed by atoms with van der Waals surface area (Å²) >= 11 is 0. The number of ether oxygens (including phenoxy) is 1. The van der Waals surface area contributed by atoms with Crippen LogP contribution in [0.3, 0.4) is 0 Å². The molecule has 0 aliphatic heterocycles. The first kappa shape index (κ1) is 6.35. The number of methoxy groups -OCH3 is 1. The lowest BCUT2D eigenvalue weighted by atomic mass is 10.1. The van der Waals surface area contributed by atoms with Gasteiger partial charge in [0.1, 0.15) is 5.60 Å². The monoisotopic (exact) mass is 140 g/mol. The smallest absolute Gasteiger partial charge is 0.165 e. The zero-order valence-corrected chi connectivity index (χ0v) is 6.39. The summed E-state index contributed by atoms with van der Waals surface area (Å²) in [6, 6.07) is 0. The minimum atomic E-state index is -0.306. The van der Waals surface area contributed by atoms with Crippen molar-refractivity contribution in [3.05, 3.63) is 0 Å². The van der Waals surface area contributed by atoms with Crippen molar-refractivity contribution >= 4 is 5.78 Å². The van der Waals surface area contributed by atoms with Crippen molar-refractivity contribution in [1.82, 2.24) is 0 Å². The summed E-state index contributed by atoms with van der Waals surface area (Å²) in [7, 11) is 1.65. The third-order valence-electron chi connectivity index (χ3n) is 2.99. The molecule has 0 heterocycles. The maximum absolute atomic E-state index is 11.3. The van der Waals surface area contributed by atoms with E-state index in [-0.39, 0.29) is 5.60 Å². The standard InChI is InChI=1S/C8H12O2/c1-5-3-7(9)8(10-2)4-6(5)8/h5-6H,3-4H2,1-2H3. The van der Waals surface area contributed by atoms with Crippen LogP contribution in [0.5, 0.6) is 0 Å². The number of carbonyl (C=O) groups excluding carboxylic acids is 1. The highest BCUT2D eigenvalue weighted by atomic mass is 16.5. The van der Waals surface area contributed by atoms with Crippen molar-refractivity contribution in [2.24, 2.45) is 11.8 Å². The number of hydrogen-bond acceptors (Lipinski definition) is 2. The molecule has 0 radical (unpaired) electrons. The van der Waals surface area contributed by atoms with Crippen LogP contribution in [-0.4, -0.2) is 18.5 Å². The van der Waals surface area contributed by atoms with Gasteiger partial charge in [-0.1, -0.05) is 6.92 Å². The summed E-state index contributed by atoms with van der Waals surface area (Å²) < 4.78 is 5.21. The molecule has 0 aromatic carbocycles. The molecule has 10 heavy (non-hydrogen) atoms. The first-order chi connectivity index (χ1) is 4.70. The lowest BCUT2D eigenvalue weighted by molar-refractivity contribution is -0.129. The van der Waals surface area contributed by atoms with Gasteiger partial charge >= 0.3 is 0 Å². The molecule has 3 unspecified atom stereocenters. The highest BCUT2D eigenvalue weighted by Gasteiger charge is 2.66. The van der Waals surface area contributed by atoms with E-state index >= 15 is 0 Å². The predicted molar refractivity (Wildman–Crippen MR) is 36.6 cm³/mol. The number of fused-ring (bicyclic) bond motifs is 1. The molecule has 0 saturated heterocycles. The van der Waals surface area contributed by atoms with Crippen LogP contribution in [0.2, 0.25) is 0 Å². The molecule has 0 aromatic rings. The Labute approximate surface area is 60.6 Å². The molecule has 56 valence electrons. The van der Waals surface area contributed by atoms with Crippen molar-refractivity contribution in [1.29, 1.82) is 0 Å². The van der Waals surface area contributed by atoms with Gasteiger partial charge in [0.15, 0.2) is 5.78 Å². The van der Waals surface area contributed by atoms with E-state index in [0.29, 0.717) is 17.6 Å². The normalized spacial score (nSPS) is 51.2. The van der Waals surface area contributed by atoms with Gasteiger partial charge in [0.05, 0.1) is 0 Å². The van der Waals surface area contributed by atoms with Crippen LogP contribution in [0.4, 0.5) is 0 Å². The Morgan fingerprint density at radius 2 is 2.40 bits per heavy atom. The Balaban J connectivity index is 2.23. The Hall–Kier alpha value is -0.370. The maximum Gasteiger partial charge on any atom is 0.165 e. The van der Waals surface area contributed by atoms with Crippen LogP contribution >= 0.6 is 0 Å². The fourth-order valence-corrected chi connectivity index (χ4v) is 2.21. The van der Waals surface area contributed by atoms with Crippen LogP contribution < -0.4 is 0 Å². The second-order valence-electron chi connectivity index (χ2n) is 3.51. The molecule has 0 aromatic heterocycles. The van der Waals surface area contributed by atoms with Gasteiger partial charge in [0, 0.05) is 19.4 Å². The largest absolute Gasteiger partial charge is 0.370 e. The Kier molecular flexibility index (Phi) is 1.03. The van der Waals surface area contributed by atoms with E-state index in [4.69, 9.17) is 4.74 Å². The first-order valence-electron chi connectivity index (χ1n) is 3.79. The van der Waals surface area contributed by atoms with Crippen LogP contribution in [0.1, 0.15) is 19.8 Å². The topological polar surface area (TPSA) is 26.3 Å². The lowest BCUT2D eigenvalue weighted by Crippen LogP contribution is -2.21. The summed E-state index contributed by atoms with van der Waals surface area (Å²) in [5.41, 5.74) is -0.306. The average Bonchev–Trinajstić information content (AvgIpc) is 2.57. The van der Waals surface area contributed by atoms with Crippen LogP contribution in [0.25, 0.3) is 0 Å². The molecule has 2 heteroatoms. The Morgan fingerprint density at radius 1 is 1.70 bits per heavy atom. The summed E-state index contributed by atoms with van der Waals surface area (Å²) in [6.45, 7) is 2.14. The molecule has 2 aliphatic carbocycles. The fraction of sp³-hybridized carbons (Fsp3) is 0.875. The van der Waals surface area contributed by atoms with E-state index in [9.17, 15) is 4.79 Å². The predicted octanol–water partition coefficient (Wildman–Crippen LogP) is 1.00. The Bertz CT molecular complexity index is 188. The summed E-state index contributed by atoms with van der Waals surface area (Å²) in [4.78, 5) is 11.3. The van der Waals surface area contributed by atoms with Gasteiger partial charge in [-0.2, -0.15) is 0 Å².